The van der Waals surface area contributed by atoms with Gasteiger partial charge in [0.2, 0.25) is 17.5 Å². The van der Waals surface area contributed by atoms with Crippen molar-refractivity contribution in [1.82, 2.24) is 0 Å². The highest BCUT2D eigenvalue weighted by Gasteiger charge is 2.77. The second-order valence-electron chi connectivity index (χ2n) is 9.11. The van der Waals surface area contributed by atoms with Crippen LogP contribution >= 0.6 is 11.3 Å². The molecule has 4 rings (SSSR count). The number of hydrogen-bond donors (Lipinski definition) is 1. The van der Waals surface area contributed by atoms with Gasteiger partial charge in [-0.2, -0.15) is 0 Å². The Labute approximate surface area is 174 Å². The number of rotatable bonds is 4. The van der Waals surface area contributed by atoms with E-state index in [9.17, 15) is 19.2 Å². The van der Waals surface area contributed by atoms with Crippen LogP contribution < -0.4 is 5.32 Å². The van der Waals surface area contributed by atoms with E-state index in [0.29, 0.717) is 23.4 Å². The van der Waals surface area contributed by atoms with Gasteiger partial charge in [-0.1, -0.05) is 20.8 Å². The van der Waals surface area contributed by atoms with Crippen molar-refractivity contribution in [3.8, 4) is 0 Å². The molecule has 0 aromatic carbocycles. The van der Waals surface area contributed by atoms with Crippen molar-refractivity contribution in [3.05, 3.63) is 16.0 Å². The molecule has 1 aromatic heterocycles. The van der Waals surface area contributed by atoms with Gasteiger partial charge in [0.1, 0.15) is 10.4 Å². The molecule has 0 saturated heterocycles. The summed E-state index contributed by atoms with van der Waals surface area (Å²) in [4.78, 5) is 52.9. The first-order valence-electron chi connectivity index (χ1n) is 10.3. The standard InChI is InChI=1S/C22H27NO5S/c1-5-28-18(26)14-12-8-6-7-9-13(12)29-17(14)23-19(27)22-11-10-21(4,20(22,2)3)15(24)16(22)25/h5-11H2,1-4H3,(H,23,27)/t21-,22-/m1/s1. The third-order valence-electron chi connectivity index (χ3n) is 7.81. The predicted octanol–water partition coefficient (Wildman–Crippen LogP) is 3.71. The maximum atomic E-state index is 13.5. The molecule has 0 spiro atoms. The fraction of sp³-hybridized carbons (Fsp3) is 0.636. The summed E-state index contributed by atoms with van der Waals surface area (Å²) >= 11 is 1.40. The fourth-order valence-electron chi connectivity index (χ4n) is 5.56. The zero-order valence-corrected chi connectivity index (χ0v) is 18.2. The highest BCUT2D eigenvalue weighted by molar-refractivity contribution is 7.17. The molecule has 1 amide bonds. The molecule has 2 saturated carbocycles. The minimum Gasteiger partial charge on any atom is -0.462 e. The van der Waals surface area contributed by atoms with Crippen LogP contribution in [0.15, 0.2) is 0 Å². The highest BCUT2D eigenvalue weighted by atomic mass is 32.1. The zero-order valence-electron chi connectivity index (χ0n) is 17.4. The van der Waals surface area contributed by atoms with Gasteiger partial charge >= 0.3 is 5.97 Å². The number of hydrogen-bond acceptors (Lipinski definition) is 6. The van der Waals surface area contributed by atoms with Crippen molar-refractivity contribution in [2.24, 2.45) is 16.2 Å². The number of carbonyl (C=O) groups is 4. The van der Waals surface area contributed by atoms with Gasteiger partial charge in [0.05, 0.1) is 12.2 Å². The van der Waals surface area contributed by atoms with Crippen molar-refractivity contribution in [2.75, 3.05) is 11.9 Å². The number of aryl methyl sites for hydroxylation is 1. The molecule has 0 radical (unpaired) electrons. The molecule has 1 aromatic rings. The number of carbonyl (C=O) groups excluding carboxylic acids is 4. The van der Waals surface area contributed by atoms with E-state index in [1.54, 1.807) is 13.8 Å². The largest absolute Gasteiger partial charge is 0.462 e. The van der Waals surface area contributed by atoms with Gasteiger partial charge in [0, 0.05) is 10.3 Å². The van der Waals surface area contributed by atoms with E-state index in [1.165, 1.54) is 11.3 Å². The maximum absolute atomic E-state index is 13.5. The van der Waals surface area contributed by atoms with Gasteiger partial charge in [0.15, 0.2) is 0 Å². The quantitative estimate of drug-likeness (QED) is 0.458. The van der Waals surface area contributed by atoms with Crippen LogP contribution in [-0.2, 0) is 32.0 Å². The minimum atomic E-state index is -1.38. The van der Waals surface area contributed by atoms with E-state index in [0.717, 1.165) is 36.1 Å². The maximum Gasteiger partial charge on any atom is 0.341 e. The number of fused-ring (bicyclic) bond motifs is 3. The summed E-state index contributed by atoms with van der Waals surface area (Å²) in [5.74, 6) is -1.94. The molecule has 3 aliphatic rings. The number of ketones is 2. The molecule has 2 fully saturated rings. The van der Waals surface area contributed by atoms with E-state index in [-0.39, 0.29) is 6.61 Å². The molecule has 0 aliphatic heterocycles. The average Bonchev–Trinajstić information content (AvgIpc) is 3.17. The summed E-state index contributed by atoms with van der Waals surface area (Å²) in [6, 6.07) is 0. The Morgan fingerprint density at radius 2 is 1.76 bits per heavy atom. The SMILES string of the molecule is CCOC(=O)c1c(NC(=O)[C@@]23CC[C@](C)(C(=O)C2=O)C3(C)C)sc2c1CCCC2. The van der Waals surface area contributed by atoms with Gasteiger partial charge < -0.3 is 10.1 Å². The van der Waals surface area contributed by atoms with Crippen molar-refractivity contribution < 1.29 is 23.9 Å². The summed E-state index contributed by atoms with van der Waals surface area (Å²) in [5.41, 5.74) is -1.60. The summed E-state index contributed by atoms with van der Waals surface area (Å²) < 4.78 is 5.25. The smallest absolute Gasteiger partial charge is 0.341 e. The molecule has 156 valence electrons. The second-order valence-corrected chi connectivity index (χ2v) is 10.2. The van der Waals surface area contributed by atoms with E-state index in [2.05, 4.69) is 5.32 Å². The third kappa shape index (κ3) is 2.39. The van der Waals surface area contributed by atoms with Crippen molar-refractivity contribution >= 4 is 39.8 Å². The lowest BCUT2D eigenvalue weighted by molar-refractivity contribution is -0.147. The number of nitrogens with one attached hydrogen (secondary N) is 1. The van der Waals surface area contributed by atoms with Crippen LogP contribution in [-0.4, -0.2) is 30.0 Å². The molecule has 2 atom stereocenters. The van der Waals surface area contributed by atoms with E-state index in [1.807, 2.05) is 13.8 Å². The van der Waals surface area contributed by atoms with E-state index < -0.39 is 39.7 Å². The number of anilines is 1. The molecule has 7 heteroatoms. The predicted molar refractivity (Wildman–Crippen MR) is 109 cm³/mol. The first-order chi connectivity index (χ1) is 13.6. The number of thiophene rings is 1. The van der Waals surface area contributed by atoms with Gasteiger partial charge in [-0.05, 0) is 56.4 Å². The molecule has 6 nitrogen and oxygen atoms in total. The first-order valence-corrected chi connectivity index (χ1v) is 11.2. The molecule has 1 heterocycles. The molecular weight excluding hydrogens is 390 g/mol. The normalized spacial score (nSPS) is 29.7. The van der Waals surface area contributed by atoms with Gasteiger partial charge in [0.25, 0.3) is 0 Å². The van der Waals surface area contributed by atoms with Crippen molar-refractivity contribution in [1.29, 1.82) is 0 Å². The topological polar surface area (TPSA) is 89.5 Å². The number of Topliss-reactive ketones (excluding diaryl/α,β-unsaturated/α-hetero) is 2. The lowest BCUT2D eigenvalue weighted by atomic mass is 9.64. The zero-order chi connectivity index (χ0) is 21.2. The lowest BCUT2D eigenvalue weighted by Gasteiger charge is -2.37. The Balaban J connectivity index is 1.75. The van der Waals surface area contributed by atoms with Crippen LogP contribution in [0.1, 0.15) is 74.2 Å². The van der Waals surface area contributed by atoms with Crippen LogP contribution in [0.25, 0.3) is 0 Å². The molecule has 1 N–H and O–H groups in total. The van der Waals surface area contributed by atoms with Crippen molar-refractivity contribution in [3.63, 3.8) is 0 Å². The second kappa shape index (κ2) is 6.49. The fourth-order valence-corrected chi connectivity index (χ4v) is 6.83. The Kier molecular flexibility index (Phi) is 4.53. The van der Waals surface area contributed by atoms with E-state index in [4.69, 9.17) is 4.74 Å². The Bertz CT molecular complexity index is 945. The van der Waals surface area contributed by atoms with Crippen molar-refractivity contribution in [2.45, 2.75) is 66.2 Å². The average molecular weight is 418 g/mol. The lowest BCUT2D eigenvalue weighted by Crippen LogP contribution is -2.47. The Morgan fingerprint density at radius 3 is 2.38 bits per heavy atom. The summed E-state index contributed by atoms with van der Waals surface area (Å²) in [6.45, 7) is 7.48. The Morgan fingerprint density at radius 1 is 1.07 bits per heavy atom. The minimum absolute atomic E-state index is 0.249. The summed E-state index contributed by atoms with van der Waals surface area (Å²) in [6.07, 6.45) is 4.56. The van der Waals surface area contributed by atoms with Gasteiger partial charge in [-0.3, -0.25) is 14.4 Å². The first kappa shape index (κ1) is 20.3. The van der Waals surface area contributed by atoms with Crippen LogP contribution in [0.2, 0.25) is 0 Å². The third-order valence-corrected chi connectivity index (χ3v) is 9.01. The summed E-state index contributed by atoms with van der Waals surface area (Å²) in [7, 11) is 0. The number of ether oxygens (including phenoxy) is 1. The number of amides is 1. The van der Waals surface area contributed by atoms with Crippen LogP contribution in [0, 0.1) is 16.2 Å². The van der Waals surface area contributed by atoms with Crippen LogP contribution in [0.3, 0.4) is 0 Å². The molecule has 29 heavy (non-hydrogen) atoms. The summed E-state index contributed by atoms with van der Waals surface area (Å²) in [5, 5.41) is 3.35. The molecule has 2 bridgehead atoms. The van der Waals surface area contributed by atoms with Crippen LogP contribution in [0.4, 0.5) is 5.00 Å². The van der Waals surface area contributed by atoms with E-state index >= 15 is 0 Å². The molecule has 3 aliphatic carbocycles. The highest BCUT2D eigenvalue weighted by Crippen LogP contribution is 2.69. The Hall–Kier alpha value is -2.02. The molecule has 0 unspecified atom stereocenters. The monoisotopic (exact) mass is 417 g/mol. The van der Waals surface area contributed by atoms with Crippen LogP contribution in [0.5, 0.6) is 0 Å². The molecular formula is C22H27NO5S. The number of esters is 1. The van der Waals surface area contributed by atoms with Gasteiger partial charge in [-0.25, -0.2) is 4.79 Å². The van der Waals surface area contributed by atoms with Gasteiger partial charge in [-0.15, -0.1) is 11.3 Å².